The molecule has 0 aromatic carbocycles. The first-order chi connectivity index (χ1) is 11.6. The number of thiazole rings is 1. The zero-order valence-corrected chi connectivity index (χ0v) is 14.3. The molecule has 0 amide bonds. The number of nitrogens with zero attached hydrogens (tertiary/aromatic N) is 5. The van der Waals surface area contributed by atoms with Gasteiger partial charge in [0.2, 0.25) is 0 Å². The maximum Gasteiger partial charge on any atom is 0.262 e. The molecular formula is C15H18N6O2S. The molecule has 126 valence electrons. The Bertz CT molecular complexity index is 930. The SMILES string of the molecule is Cc1csc([C@H]2CN(Cc3nc4c(cnn4C)c(=O)[nH]3)CCO2)n1. The van der Waals surface area contributed by atoms with Crippen molar-refractivity contribution in [3.8, 4) is 0 Å². The molecule has 1 atom stereocenters. The van der Waals surface area contributed by atoms with Crippen LogP contribution >= 0.6 is 11.3 Å². The molecule has 4 rings (SSSR count). The van der Waals surface area contributed by atoms with Crippen molar-refractivity contribution in [3.63, 3.8) is 0 Å². The normalized spacial score (nSPS) is 19.2. The molecule has 3 aromatic rings. The van der Waals surface area contributed by atoms with E-state index >= 15 is 0 Å². The second kappa shape index (κ2) is 6.08. The van der Waals surface area contributed by atoms with Gasteiger partial charge in [-0.25, -0.2) is 9.97 Å². The van der Waals surface area contributed by atoms with Crippen molar-refractivity contribution in [1.29, 1.82) is 0 Å². The first kappa shape index (κ1) is 15.4. The van der Waals surface area contributed by atoms with Crippen LogP contribution in [0.4, 0.5) is 0 Å². The number of aryl methyl sites for hydroxylation is 2. The summed E-state index contributed by atoms with van der Waals surface area (Å²) in [6.45, 7) is 4.73. The molecule has 9 heteroatoms. The molecule has 0 spiro atoms. The summed E-state index contributed by atoms with van der Waals surface area (Å²) in [4.78, 5) is 26.3. The van der Waals surface area contributed by atoms with E-state index in [9.17, 15) is 4.79 Å². The lowest BCUT2D eigenvalue weighted by atomic mass is 10.2. The lowest BCUT2D eigenvalue weighted by molar-refractivity contribution is -0.0337. The fourth-order valence-corrected chi connectivity index (χ4v) is 3.72. The molecular weight excluding hydrogens is 328 g/mol. The zero-order chi connectivity index (χ0) is 16.7. The third-order valence-electron chi connectivity index (χ3n) is 4.09. The van der Waals surface area contributed by atoms with E-state index < -0.39 is 0 Å². The van der Waals surface area contributed by atoms with Crippen LogP contribution in [0, 0.1) is 6.92 Å². The molecule has 4 heterocycles. The quantitative estimate of drug-likeness (QED) is 0.761. The molecule has 3 aromatic heterocycles. The van der Waals surface area contributed by atoms with E-state index in [0.717, 1.165) is 23.8 Å². The van der Waals surface area contributed by atoms with Crippen LogP contribution in [-0.2, 0) is 18.3 Å². The molecule has 1 aliphatic rings. The Morgan fingerprint density at radius 3 is 3.12 bits per heavy atom. The second-order valence-electron chi connectivity index (χ2n) is 5.94. The van der Waals surface area contributed by atoms with Gasteiger partial charge in [-0.1, -0.05) is 0 Å². The minimum absolute atomic E-state index is 0.0235. The van der Waals surface area contributed by atoms with Gasteiger partial charge in [0.1, 0.15) is 22.3 Å². The van der Waals surface area contributed by atoms with Crippen molar-refractivity contribution in [3.05, 3.63) is 38.5 Å². The molecule has 24 heavy (non-hydrogen) atoms. The average Bonchev–Trinajstić information content (AvgIpc) is 3.15. The van der Waals surface area contributed by atoms with Gasteiger partial charge >= 0.3 is 0 Å². The summed E-state index contributed by atoms with van der Waals surface area (Å²) < 4.78 is 7.47. The van der Waals surface area contributed by atoms with Crippen molar-refractivity contribution in [2.24, 2.45) is 7.05 Å². The minimum atomic E-state index is -0.150. The Morgan fingerprint density at radius 1 is 1.46 bits per heavy atom. The van der Waals surface area contributed by atoms with Crippen LogP contribution in [0.2, 0.25) is 0 Å². The van der Waals surface area contributed by atoms with E-state index in [1.807, 2.05) is 12.3 Å². The fourth-order valence-electron chi connectivity index (χ4n) is 2.88. The van der Waals surface area contributed by atoms with E-state index in [1.165, 1.54) is 0 Å². The minimum Gasteiger partial charge on any atom is -0.368 e. The van der Waals surface area contributed by atoms with Crippen molar-refractivity contribution in [2.75, 3.05) is 19.7 Å². The monoisotopic (exact) mass is 346 g/mol. The lowest BCUT2D eigenvalue weighted by Crippen LogP contribution is -2.38. The predicted molar refractivity (Wildman–Crippen MR) is 90.0 cm³/mol. The van der Waals surface area contributed by atoms with Crippen molar-refractivity contribution >= 4 is 22.4 Å². The van der Waals surface area contributed by atoms with Crippen LogP contribution in [0.25, 0.3) is 11.0 Å². The van der Waals surface area contributed by atoms with Gasteiger partial charge in [-0.15, -0.1) is 11.3 Å². The Labute approximate surface area is 142 Å². The van der Waals surface area contributed by atoms with Crippen LogP contribution in [0.15, 0.2) is 16.4 Å². The number of nitrogens with one attached hydrogen (secondary N) is 1. The number of hydrogen-bond acceptors (Lipinski definition) is 7. The Hall–Kier alpha value is -2.10. The van der Waals surface area contributed by atoms with Crippen molar-refractivity contribution in [1.82, 2.24) is 29.6 Å². The van der Waals surface area contributed by atoms with E-state index in [-0.39, 0.29) is 11.7 Å². The van der Waals surface area contributed by atoms with Crippen LogP contribution in [0.1, 0.15) is 22.6 Å². The number of hydrogen-bond donors (Lipinski definition) is 1. The summed E-state index contributed by atoms with van der Waals surface area (Å²) in [6.07, 6.45) is 1.52. The van der Waals surface area contributed by atoms with Crippen LogP contribution in [0.3, 0.4) is 0 Å². The van der Waals surface area contributed by atoms with Gasteiger partial charge in [0, 0.05) is 31.2 Å². The van der Waals surface area contributed by atoms with Gasteiger partial charge in [-0.2, -0.15) is 5.10 Å². The van der Waals surface area contributed by atoms with Crippen molar-refractivity contribution in [2.45, 2.75) is 19.6 Å². The first-order valence-corrected chi connectivity index (χ1v) is 8.65. The molecule has 0 aliphatic carbocycles. The number of rotatable bonds is 3. The average molecular weight is 346 g/mol. The number of aromatic nitrogens is 5. The second-order valence-corrected chi connectivity index (χ2v) is 6.83. The van der Waals surface area contributed by atoms with Crippen LogP contribution < -0.4 is 5.56 Å². The molecule has 8 nitrogen and oxygen atoms in total. The largest absolute Gasteiger partial charge is 0.368 e. The summed E-state index contributed by atoms with van der Waals surface area (Å²) in [5, 5.41) is 7.64. The smallest absolute Gasteiger partial charge is 0.262 e. The van der Waals surface area contributed by atoms with Gasteiger partial charge in [-0.3, -0.25) is 14.4 Å². The zero-order valence-electron chi connectivity index (χ0n) is 13.5. The Kier molecular flexibility index (Phi) is 3.91. The third kappa shape index (κ3) is 2.85. The van der Waals surface area contributed by atoms with Gasteiger partial charge < -0.3 is 9.72 Å². The van der Waals surface area contributed by atoms with Gasteiger partial charge in [-0.05, 0) is 6.92 Å². The highest BCUT2D eigenvalue weighted by atomic mass is 32.1. The fraction of sp³-hybridized carbons (Fsp3) is 0.467. The van der Waals surface area contributed by atoms with E-state index in [0.29, 0.717) is 30.0 Å². The van der Waals surface area contributed by atoms with Gasteiger partial charge in [0.25, 0.3) is 5.56 Å². The summed E-state index contributed by atoms with van der Waals surface area (Å²) in [5.41, 5.74) is 1.47. The van der Waals surface area contributed by atoms with Crippen molar-refractivity contribution < 1.29 is 4.74 Å². The number of morpholine rings is 1. The molecule has 1 N–H and O–H groups in total. The standard InChI is InChI=1S/C15H18N6O2S/c1-9-8-24-15(17-9)11-6-21(3-4-23-11)7-12-18-13-10(14(22)19-12)5-16-20(13)2/h5,8,11H,3-4,6-7H2,1-2H3,(H,18,19,22)/t11-/m1/s1. The molecule has 1 aliphatic heterocycles. The number of ether oxygens (including phenoxy) is 1. The van der Waals surface area contributed by atoms with Crippen LogP contribution in [-0.4, -0.2) is 49.3 Å². The summed E-state index contributed by atoms with van der Waals surface area (Å²) in [5.74, 6) is 0.645. The highest BCUT2D eigenvalue weighted by Crippen LogP contribution is 2.25. The van der Waals surface area contributed by atoms with E-state index in [1.54, 1.807) is 29.3 Å². The maximum atomic E-state index is 12.1. The molecule has 0 bridgehead atoms. The number of fused-ring (bicyclic) bond motifs is 1. The molecule has 0 saturated carbocycles. The Morgan fingerprint density at radius 2 is 2.33 bits per heavy atom. The third-order valence-corrected chi connectivity index (χ3v) is 5.14. The number of aromatic amines is 1. The summed E-state index contributed by atoms with van der Waals surface area (Å²) >= 11 is 1.62. The highest BCUT2D eigenvalue weighted by molar-refractivity contribution is 7.09. The Balaban J connectivity index is 1.54. The lowest BCUT2D eigenvalue weighted by Gasteiger charge is -2.31. The predicted octanol–water partition coefficient (Wildman–Crippen LogP) is 0.995. The van der Waals surface area contributed by atoms with Gasteiger partial charge in [0.05, 0.1) is 19.3 Å². The first-order valence-electron chi connectivity index (χ1n) is 7.77. The van der Waals surface area contributed by atoms with Crippen LogP contribution in [0.5, 0.6) is 0 Å². The maximum absolute atomic E-state index is 12.1. The highest BCUT2D eigenvalue weighted by Gasteiger charge is 2.25. The molecule has 0 radical (unpaired) electrons. The van der Waals surface area contributed by atoms with E-state index in [2.05, 4.69) is 25.0 Å². The van der Waals surface area contributed by atoms with E-state index in [4.69, 9.17) is 4.74 Å². The topological polar surface area (TPSA) is 88.9 Å². The molecule has 0 unspecified atom stereocenters. The molecule has 1 saturated heterocycles. The molecule has 1 fully saturated rings. The summed E-state index contributed by atoms with van der Waals surface area (Å²) in [6, 6.07) is 0. The van der Waals surface area contributed by atoms with Gasteiger partial charge in [0.15, 0.2) is 5.65 Å². The number of H-pyrrole nitrogens is 1. The summed E-state index contributed by atoms with van der Waals surface area (Å²) in [7, 11) is 1.79.